The zero-order chi connectivity index (χ0) is 22.5. The first kappa shape index (κ1) is 21.9. The van der Waals surface area contributed by atoms with Crippen molar-refractivity contribution < 1.29 is 19.1 Å². The lowest BCUT2D eigenvalue weighted by molar-refractivity contribution is 0.0526. The van der Waals surface area contributed by atoms with E-state index in [2.05, 4.69) is 4.99 Å². The van der Waals surface area contributed by atoms with Crippen molar-refractivity contribution in [2.45, 2.75) is 20.4 Å². The lowest BCUT2D eigenvalue weighted by atomic mass is 10.1. The maximum atomic E-state index is 13.0. The summed E-state index contributed by atoms with van der Waals surface area (Å²) in [7, 11) is 0. The highest BCUT2D eigenvalue weighted by Gasteiger charge is 2.13. The molecule has 0 aliphatic rings. The van der Waals surface area contributed by atoms with E-state index in [0.717, 1.165) is 21.0 Å². The maximum Gasteiger partial charge on any atom is 0.338 e. The molecule has 4 rings (SSSR count). The summed E-state index contributed by atoms with van der Waals surface area (Å²) in [6.45, 7) is 5.69. The second-order valence-electron chi connectivity index (χ2n) is 7.12. The third kappa shape index (κ3) is 4.64. The van der Waals surface area contributed by atoms with Gasteiger partial charge in [-0.05, 0) is 55.0 Å². The molecular weight excluding hydrogens is 424 g/mol. The largest absolute Gasteiger partial charge is 0.462 e. The van der Waals surface area contributed by atoms with E-state index in [1.807, 2.05) is 54.0 Å². The molecule has 32 heavy (non-hydrogen) atoms. The first-order chi connectivity index (χ1) is 15.6. The van der Waals surface area contributed by atoms with Crippen LogP contribution in [-0.4, -0.2) is 36.3 Å². The lowest BCUT2D eigenvalue weighted by Gasteiger charge is -2.06. The first-order valence-corrected chi connectivity index (χ1v) is 11.4. The molecule has 3 aromatic carbocycles. The average molecular weight is 449 g/mol. The Hall–Kier alpha value is -3.29. The van der Waals surface area contributed by atoms with Crippen molar-refractivity contribution in [2.75, 3.05) is 19.8 Å². The fraction of sp³-hybridized carbons (Fsp3) is 0.240. The molecule has 0 radical (unpaired) electrons. The van der Waals surface area contributed by atoms with Crippen LogP contribution in [0.25, 0.3) is 21.0 Å². The molecule has 1 heterocycles. The fourth-order valence-electron chi connectivity index (χ4n) is 3.49. The standard InChI is InChI=1S/C25H24N2O4S/c1-3-30-14-13-27-21-12-11-20(24(29)31-4-2)16-22(21)32-25(27)26-23(28)19-10-9-17-7-5-6-8-18(17)15-19/h5-12,15-16H,3-4,13-14H2,1-2H3. The van der Waals surface area contributed by atoms with Crippen molar-refractivity contribution in [2.24, 2.45) is 4.99 Å². The number of benzene rings is 3. The predicted octanol–water partition coefficient (Wildman–Crippen LogP) is 4.81. The Bertz CT molecular complexity index is 1350. The SMILES string of the molecule is CCOCCn1c(=NC(=O)c2ccc3ccccc3c2)sc2cc(C(=O)OCC)ccc21. The minimum absolute atomic E-state index is 0.307. The molecule has 6 nitrogen and oxygen atoms in total. The van der Waals surface area contributed by atoms with Gasteiger partial charge in [-0.25, -0.2) is 4.79 Å². The van der Waals surface area contributed by atoms with Crippen molar-refractivity contribution in [1.29, 1.82) is 0 Å². The highest BCUT2D eigenvalue weighted by molar-refractivity contribution is 7.16. The van der Waals surface area contributed by atoms with Crippen LogP contribution in [0.4, 0.5) is 0 Å². The topological polar surface area (TPSA) is 69.9 Å². The second kappa shape index (κ2) is 9.89. The highest BCUT2D eigenvalue weighted by atomic mass is 32.1. The Labute approximate surface area is 189 Å². The molecule has 7 heteroatoms. The van der Waals surface area contributed by atoms with Crippen molar-refractivity contribution >= 4 is 44.2 Å². The van der Waals surface area contributed by atoms with Crippen LogP contribution in [0.15, 0.2) is 65.7 Å². The van der Waals surface area contributed by atoms with Crippen molar-refractivity contribution in [3.8, 4) is 0 Å². The molecule has 0 unspecified atom stereocenters. The van der Waals surface area contributed by atoms with Gasteiger partial charge in [0.2, 0.25) is 0 Å². The van der Waals surface area contributed by atoms with Gasteiger partial charge < -0.3 is 14.0 Å². The summed E-state index contributed by atoms with van der Waals surface area (Å²) in [6.07, 6.45) is 0. The summed E-state index contributed by atoms with van der Waals surface area (Å²) in [5.74, 6) is -0.674. The second-order valence-corrected chi connectivity index (χ2v) is 8.12. The molecular formula is C25H24N2O4S. The molecule has 1 amide bonds. The normalized spacial score (nSPS) is 11.9. The number of fused-ring (bicyclic) bond motifs is 2. The van der Waals surface area contributed by atoms with Crippen molar-refractivity contribution in [3.63, 3.8) is 0 Å². The molecule has 0 spiro atoms. The third-order valence-electron chi connectivity index (χ3n) is 5.05. The van der Waals surface area contributed by atoms with Gasteiger partial charge >= 0.3 is 5.97 Å². The molecule has 0 bridgehead atoms. The van der Waals surface area contributed by atoms with E-state index in [0.29, 0.717) is 42.3 Å². The maximum absolute atomic E-state index is 13.0. The summed E-state index contributed by atoms with van der Waals surface area (Å²) in [4.78, 5) is 30.1. The molecule has 1 aromatic heterocycles. The van der Waals surface area contributed by atoms with E-state index < -0.39 is 0 Å². The number of thiazole rings is 1. The summed E-state index contributed by atoms with van der Waals surface area (Å²) in [5.41, 5.74) is 1.91. The number of hydrogen-bond acceptors (Lipinski definition) is 5. The Morgan fingerprint density at radius 1 is 0.938 bits per heavy atom. The number of esters is 1. The van der Waals surface area contributed by atoms with Gasteiger partial charge in [0.1, 0.15) is 0 Å². The van der Waals surface area contributed by atoms with Gasteiger partial charge in [-0.2, -0.15) is 4.99 Å². The third-order valence-corrected chi connectivity index (χ3v) is 6.09. The number of ether oxygens (including phenoxy) is 2. The van der Waals surface area contributed by atoms with Crippen LogP contribution >= 0.6 is 11.3 Å². The van der Waals surface area contributed by atoms with E-state index >= 15 is 0 Å². The summed E-state index contributed by atoms with van der Waals surface area (Å²) in [5, 5.41) is 2.07. The quantitative estimate of drug-likeness (QED) is 0.301. The summed E-state index contributed by atoms with van der Waals surface area (Å²) < 4.78 is 13.5. The van der Waals surface area contributed by atoms with Crippen LogP contribution in [0.2, 0.25) is 0 Å². The molecule has 0 aliphatic carbocycles. The van der Waals surface area contributed by atoms with Gasteiger partial charge in [0.25, 0.3) is 5.91 Å². The molecule has 0 saturated carbocycles. The molecule has 0 atom stereocenters. The number of aromatic nitrogens is 1. The van der Waals surface area contributed by atoms with Gasteiger partial charge in [-0.3, -0.25) is 4.79 Å². The zero-order valence-corrected chi connectivity index (χ0v) is 18.9. The Kier molecular flexibility index (Phi) is 6.78. The van der Waals surface area contributed by atoms with Gasteiger partial charge in [-0.15, -0.1) is 0 Å². The zero-order valence-electron chi connectivity index (χ0n) is 18.0. The van der Waals surface area contributed by atoms with Gasteiger partial charge in [0.05, 0.1) is 29.0 Å². The van der Waals surface area contributed by atoms with Crippen LogP contribution in [0.5, 0.6) is 0 Å². The number of carbonyl (C=O) groups excluding carboxylic acids is 2. The lowest BCUT2D eigenvalue weighted by Crippen LogP contribution is -2.19. The Balaban J connectivity index is 1.77. The molecule has 0 saturated heterocycles. The molecule has 4 aromatic rings. The van der Waals surface area contributed by atoms with E-state index in [1.54, 1.807) is 25.1 Å². The Morgan fingerprint density at radius 2 is 1.72 bits per heavy atom. The Morgan fingerprint density at radius 3 is 2.50 bits per heavy atom. The van der Waals surface area contributed by atoms with Crippen molar-refractivity contribution in [3.05, 3.63) is 76.6 Å². The predicted molar refractivity (Wildman–Crippen MR) is 126 cm³/mol. The van der Waals surface area contributed by atoms with Crippen LogP contribution in [-0.2, 0) is 16.0 Å². The van der Waals surface area contributed by atoms with Crippen LogP contribution in [0, 0.1) is 0 Å². The summed E-state index contributed by atoms with van der Waals surface area (Å²) >= 11 is 1.37. The molecule has 0 N–H and O–H groups in total. The highest BCUT2D eigenvalue weighted by Crippen LogP contribution is 2.21. The van der Waals surface area contributed by atoms with Crippen LogP contribution in [0.1, 0.15) is 34.6 Å². The number of nitrogens with zero attached hydrogens (tertiary/aromatic N) is 2. The number of carbonyl (C=O) groups is 2. The van der Waals surface area contributed by atoms with Crippen LogP contribution < -0.4 is 4.80 Å². The van der Waals surface area contributed by atoms with Crippen LogP contribution in [0.3, 0.4) is 0 Å². The molecule has 164 valence electrons. The molecule has 0 fully saturated rings. The van der Waals surface area contributed by atoms with Gasteiger partial charge in [-0.1, -0.05) is 41.7 Å². The van der Waals surface area contributed by atoms with E-state index in [1.165, 1.54) is 11.3 Å². The van der Waals surface area contributed by atoms with E-state index in [4.69, 9.17) is 9.47 Å². The first-order valence-electron chi connectivity index (χ1n) is 10.6. The van der Waals surface area contributed by atoms with Crippen molar-refractivity contribution in [1.82, 2.24) is 4.57 Å². The minimum Gasteiger partial charge on any atom is -0.462 e. The number of amides is 1. The van der Waals surface area contributed by atoms with E-state index in [9.17, 15) is 9.59 Å². The monoisotopic (exact) mass is 448 g/mol. The van der Waals surface area contributed by atoms with Gasteiger partial charge in [0, 0.05) is 18.7 Å². The average Bonchev–Trinajstić information content (AvgIpc) is 3.15. The summed E-state index contributed by atoms with van der Waals surface area (Å²) in [6, 6.07) is 18.9. The van der Waals surface area contributed by atoms with E-state index in [-0.39, 0.29) is 11.9 Å². The fourth-order valence-corrected chi connectivity index (χ4v) is 4.58. The molecule has 0 aliphatic heterocycles. The number of rotatable bonds is 7. The van der Waals surface area contributed by atoms with Gasteiger partial charge in [0.15, 0.2) is 4.80 Å². The number of hydrogen-bond donors (Lipinski definition) is 0. The smallest absolute Gasteiger partial charge is 0.338 e. The minimum atomic E-state index is -0.366.